The molecule has 2 aromatic rings. The van der Waals surface area contributed by atoms with Gasteiger partial charge in [-0.15, -0.1) is 0 Å². The minimum atomic E-state index is -3.85. The average Bonchev–Trinajstić information content (AvgIpc) is 2.92. The molecule has 0 saturated carbocycles. The molecule has 0 atom stereocenters. The van der Waals surface area contributed by atoms with Crippen LogP contribution < -0.4 is 15.2 Å². The van der Waals surface area contributed by atoms with Crippen molar-refractivity contribution in [1.29, 1.82) is 0 Å². The molecule has 0 spiro atoms. The van der Waals surface area contributed by atoms with Gasteiger partial charge in [0.05, 0.1) is 19.0 Å². The number of carbonyl (C=O) groups excluding carboxylic acids is 1. The molecule has 0 aliphatic rings. The predicted octanol–water partition coefficient (Wildman–Crippen LogP) is 0.318. The number of ether oxygens (including phenoxy) is 1. The molecule has 0 saturated heterocycles. The molecule has 8 nitrogen and oxygen atoms in total. The summed E-state index contributed by atoms with van der Waals surface area (Å²) in [7, 11) is -2.46. The van der Waals surface area contributed by atoms with Crippen LogP contribution in [0.4, 0.5) is 5.69 Å². The van der Waals surface area contributed by atoms with Crippen LogP contribution in [0.2, 0.25) is 0 Å². The second-order valence-electron chi connectivity index (χ2n) is 3.81. The van der Waals surface area contributed by atoms with Crippen molar-refractivity contribution in [1.82, 2.24) is 10.2 Å². The van der Waals surface area contributed by atoms with E-state index in [1.807, 2.05) is 0 Å². The van der Waals surface area contributed by atoms with Crippen LogP contribution in [0, 0.1) is 0 Å². The van der Waals surface area contributed by atoms with Crippen LogP contribution in [0.5, 0.6) is 5.75 Å². The molecular formula is C11H12N4O4S. The summed E-state index contributed by atoms with van der Waals surface area (Å²) < 4.78 is 31.5. The quantitative estimate of drug-likeness (QED) is 0.732. The maximum atomic E-state index is 12.1. The monoisotopic (exact) mass is 296 g/mol. The van der Waals surface area contributed by atoms with Crippen molar-refractivity contribution in [3.63, 3.8) is 0 Å². The third-order valence-electron chi connectivity index (χ3n) is 2.49. The summed E-state index contributed by atoms with van der Waals surface area (Å²) in [6.45, 7) is 0. The zero-order chi connectivity index (χ0) is 14.8. The molecule has 9 heteroatoms. The van der Waals surface area contributed by atoms with Crippen LogP contribution in [-0.4, -0.2) is 31.6 Å². The second-order valence-corrected chi connectivity index (χ2v) is 5.46. The fourth-order valence-corrected chi connectivity index (χ4v) is 2.51. The van der Waals surface area contributed by atoms with Gasteiger partial charge in [-0.05, 0) is 24.3 Å². The predicted molar refractivity (Wildman–Crippen MR) is 70.9 cm³/mol. The number of primary amides is 1. The van der Waals surface area contributed by atoms with Crippen molar-refractivity contribution >= 4 is 21.6 Å². The Kier molecular flexibility index (Phi) is 3.61. The lowest BCUT2D eigenvalue weighted by molar-refractivity contribution is 0.100. The average molecular weight is 296 g/mol. The second kappa shape index (κ2) is 5.21. The molecule has 1 aromatic carbocycles. The number of aromatic nitrogens is 2. The molecule has 1 aromatic heterocycles. The summed E-state index contributed by atoms with van der Waals surface area (Å²) in [5, 5.41) is 5.80. The summed E-state index contributed by atoms with van der Waals surface area (Å²) in [5.74, 6) is -0.410. The number of benzene rings is 1. The number of nitrogens with two attached hydrogens (primary N) is 1. The van der Waals surface area contributed by atoms with Gasteiger partial charge >= 0.3 is 0 Å². The minimum absolute atomic E-state index is 0.107. The van der Waals surface area contributed by atoms with E-state index in [4.69, 9.17) is 10.5 Å². The standard InChI is InChI=1S/C11H12N4O4S/c1-19-9-3-2-7(11(12)16)6-8(9)15-20(17,18)10-4-5-13-14-10/h2-6,15H,1H3,(H2,12,16)(H,13,14). The topological polar surface area (TPSA) is 127 Å². The van der Waals surface area contributed by atoms with Gasteiger partial charge in [-0.2, -0.15) is 13.5 Å². The highest BCUT2D eigenvalue weighted by Crippen LogP contribution is 2.27. The van der Waals surface area contributed by atoms with Crippen molar-refractivity contribution in [2.45, 2.75) is 5.03 Å². The lowest BCUT2D eigenvalue weighted by Gasteiger charge is -2.11. The van der Waals surface area contributed by atoms with E-state index in [9.17, 15) is 13.2 Å². The molecule has 2 rings (SSSR count). The van der Waals surface area contributed by atoms with Crippen LogP contribution in [0.1, 0.15) is 10.4 Å². The number of sulfonamides is 1. The lowest BCUT2D eigenvalue weighted by atomic mass is 10.2. The molecule has 1 amide bonds. The first-order valence-electron chi connectivity index (χ1n) is 5.44. The lowest BCUT2D eigenvalue weighted by Crippen LogP contribution is -2.16. The molecule has 0 aliphatic carbocycles. The Morgan fingerprint density at radius 1 is 1.40 bits per heavy atom. The highest BCUT2D eigenvalue weighted by molar-refractivity contribution is 7.92. The van der Waals surface area contributed by atoms with Crippen LogP contribution >= 0.6 is 0 Å². The number of methoxy groups -OCH3 is 1. The normalized spacial score (nSPS) is 11.1. The first-order chi connectivity index (χ1) is 9.44. The number of rotatable bonds is 5. The van der Waals surface area contributed by atoms with Gasteiger partial charge in [0.25, 0.3) is 10.0 Å². The summed E-state index contributed by atoms with van der Waals surface area (Å²) in [4.78, 5) is 11.1. The van der Waals surface area contributed by atoms with Gasteiger partial charge in [-0.3, -0.25) is 14.6 Å². The smallest absolute Gasteiger partial charge is 0.278 e. The number of amides is 1. The Labute approximate surface area is 115 Å². The Hall–Kier alpha value is -2.55. The van der Waals surface area contributed by atoms with E-state index in [0.717, 1.165) is 0 Å². The van der Waals surface area contributed by atoms with Gasteiger partial charge < -0.3 is 10.5 Å². The number of anilines is 1. The Morgan fingerprint density at radius 3 is 2.70 bits per heavy atom. The van der Waals surface area contributed by atoms with E-state index in [-0.39, 0.29) is 22.0 Å². The highest BCUT2D eigenvalue weighted by Gasteiger charge is 2.18. The first kappa shape index (κ1) is 13.9. The number of nitrogens with zero attached hydrogens (tertiary/aromatic N) is 1. The molecule has 0 radical (unpaired) electrons. The van der Waals surface area contributed by atoms with E-state index in [1.165, 1.54) is 37.6 Å². The van der Waals surface area contributed by atoms with Crippen LogP contribution in [-0.2, 0) is 10.0 Å². The van der Waals surface area contributed by atoms with Crippen molar-refractivity contribution in [3.8, 4) is 5.75 Å². The number of aromatic amines is 1. The fraction of sp³-hybridized carbons (Fsp3) is 0.0909. The maximum absolute atomic E-state index is 12.1. The summed E-state index contributed by atoms with van der Waals surface area (Å²) in [6, 6.07) is 5.49. The van der Waals surface area contributed by atoms with Crippen molar-refractivity contribution in [2.75, 3.05) is 11.8 Å². The van der Waals surface area contributed by atoms with Gasteiger partial charge in [0.15, 0.2) is 5.03 Å². The minimum Gasteiger partial charge on any atom is -0.495 e. The zero-order valence-corrected chi connectivity index (χ0v) is 11.3. The van der Waals surface area contributed by atoms with Gasteiger partial charge in [0.2, 0.25) is 5.91 Å². The van der Waals surface area contributed by atoms with E-state index >= 15 is 0 Å². The largest absolute Gasteiger partial charge is 0.495 e. The zero-order valence-electron chi connectivity index (χ0n) is 10.5. The summed E-state index contributed by atoms with van der Waals surface area (Å²) in [5.41, 5.74) is 5.43. The van der Waals surface area contributed by atoms with Crippen LogP contribution in [0.15, 0.2) is 35.5 Å². The highest BCUT2D eigenvalue weighted by atomic mass is 32.2. The third kappa shape index (κ3) is 2.72. The summed E-state index contributed by atoms with van der Waals surface area (Å²) in [6.07, 6.45) is 1.31. The number of hydrogen-bond acceptors (Lipinski definition) is 5. The number of carbonyl (C=O) groups is 1. The Morgan fingerprint density at radius 2 is 2.15 bits per heavy atom. The van der Waals surface area contributed by atoms with Gasteiger partial charge in [-0.1, -0.05) is 0 Å². The molecule has 0 aliphatic heterocycles. The van der Waals surface area contributed by atoms with Crippen molar-refractivity contribution < 1.29 is 17.9 Å². The molecule has 0 bridgehead atoms. The maximum Gasteiger partial charge on any atom is 0.278 e. The molecule has 106 valence electrons. The molecule has 20 heavy (non-hydrogen) atoms. The van der Waals surface area contributed by atoms with E-state index < -0.39 is 15.9 Å². The Balaban J connectivity index is 2.42. The van der Waals surface area contributed by atoms with Gasteiger partial charge in [0.1, 0.15) is 5.75 Å². The van der Waals surface area contributed by atoms with Gasteiger partial charge in [0, 0.05) is 5.56 Å². The SMILES string of the molecule is COc1ccc(C(N)=O)cc1NS(=O)(=O)c1ccn[nH]1. The first-order valence-corrected chi connectivity index (χ1v) is 6.92. The summed E-state index contributed by atoms with van der Waals surface area (Å²) >= 11 is 0. The molecule has 4 N–H and O–H groups in total. The van der Waals surface area contributed by atoms with Gasteiger partial charge in [-0.25, -0.2) is 0 Å². The Bertz CT molecular complexity index is 725. The number of nitrogens with one attached hydrogen (secondary N) is 2. The number of hydrogen-bond donors (Lipinski definition) is 3. The van der Waals surface area contributed by atoms with Crippen LogP contribution in [0.3, 0.4) is 0 Å². The fourth-order valence-electron chi connectivity index (χ4n) is 1.53. The van der Waals surface area contributed by atoms with E-state index in [1.54, 1.807) is 0 Å². The van der Waals surface area contributed by atoms with E-state index in [0.29, 0.717) is 0 Å². The third-order valence-corrected chi connectivity index (χ3v) is 3.79. The van der Waals surface area contributed by atoms with E-state index in [2.05, 4.69) is 14.9 Å². The number of H-pyrrole nitrogens is 1. The van der Waals surface area contributed by atoms with Crippen molar-refractivity contribution in [3.05, 3.63) is 36.0 Å². The van der Waals surface area contributed by atoms with Crippen LogP contribution in [0.25, 0.3) is 0 Å². The van der Waals surface area contributed by atoms with Crippen molar-refractivity contribution in [2.24, 2.45) is 5.73 Å². The molecule has 0 fully saturated rings. The molecular weight excluding hydrogens is 284 g/mol. The molecule has 0 unspecified atom stereocenters. The molecule has 1 heterocycles.